The molecule has 0 bridgehead atoms. The van der Waals surface area contributed by atoms with Crippen molar-refractivity contribution in [1.82, 2.24) is 5.32 Å². The SMILES string of the molecule is CCOC(=O)C1=C(C)NC2=C(C(=O)[C@H](C(=O)OCC)[C@@H](c3ccccc3OC)C2)[C@H]1c1cccc(Oc2ccccc2)c1. The summed E-state index contributed by atoms with van der Waals surface area (Å²) < 4.78 is 22.6. The van der Waals surface area contributed by atoms with Crippen LogP contribution in [0.2, 0.25) is 0 Å². The van der Waals surface area contributed by atoms with E-state index in [1.165, 1.54) is 0 Å². The van der Waals surface area contributed by atoms with E-state index in [1.807, 2.05) is 78.9 Å². The molecule has 0 fully saturated rings. The zero-order valence-electron chi connectivity index (χ0n) is 24.7. The number of dihydropyridines is 1. The van der Waals surface area contributed by atoms with E-state index in [1.54, 1.807) is 27.9 Å². The van der Waals surface area contributed by atoms with Crippen LogP contribution < -0.4 is 14.8 Å². The predicted octanol–water partition coefficient (Wildman–Crippen LogP) is 6.20. The first-order valence-corrected chi connectivity index (χ1v) is 14.4. The number of ketones is 1. The molecular weight excluding hydrogens is 546 g/mol. The van der Waals surface area contributed by atoms with Gasteiger partial charge in [0.1, 0.15) is 23.2 Å². The van der Waals surface area contributed by atoms with Gasteiger partial charge in [0.25, 0.3) is 0 Å². The third kappa shape index (κ3) is 5.91. The van der Waals surface area contributed by atoms with E-state index in [-0.39, 0.29) is 13.2 Å². The van der Waals surface area contributed by atoms with Gasteiger partial charge in [-0.15, -0.1) is 0 Å². The van der Waals surface area contributed by atoms with Crippen LogP contribution >= 0.6 is 0 Å². The van der Waals surface area contributed by atoms with Crippen molar-refractivity contribution in [2.45, 2.75) is 39.0 Å². The highest BCUT2D eigenvalue weighted by molar-refractivity contribution is 6.13. The molecule has 8 heteroatoms. The van der Waals surface area contributed by atoms with Gasteiger partial charge >= 0.3 is 11.9 Å². The van der Waals surface area contributed by atoms with E-state index in [2.05, 4.69) is 5.32 Å². The van der Waals surface area contributed by atoms with Crippen molar-refractivity contribution < 1.29 is 33.3 Å². The minimum absolute atomic E-state index is 0.126. The summed E-state index contributed by atoms with van der Waals surface area (Å²) in [5.74, 6) is -2.25. The van der Waals surface area contributed by atoms with Crippen LogP contribution in [0.5, 0.6) is 17.2 Å². The lowest BCUT2D eigenvalue weighted by atomic mass is 9.67. The fourth-order valence-electron chi connectivity index (χ4n) is 6.00. The second-order valence-corrected chi connectivity index (χ2v) is 10.3. The summed E-state index contributed by atoms with van der Waals surface area (Å²) in [5, 5.41) is 3.33. The zero-order chi connectivity index (χ0) is 30.5. The fraction of sp³-hybridized carbons (Fsp3) is 0.286. The number of Topliss-reactive ketones (excluding diaryl/α,β-unsaturated/α-hetero) is 1. The van der Waals surface area contributed by atoms with E-state index < -0.39 is 35.5 Å². The molecule has 0 saturated carbocycles. The van der Waals surface area contributed by atoms with Crippen molar-refractivity contribution in [3.05, 3.63) is 113 Å². The van der Waals surface area contributed by atoms with Gasteiger partial charge in [-0.25, -0.2) is 4.79 Å². The van der Waals surface area contributed by atoms with Gasteiger partial charge in [0, 0.05) is 28.8 Å². The second kappa shape index (κ2) is 13.0. The summed E-state index contributed by atoms with van der Waals surface area (Å²) in [7, 11) is 1.56. The Balaban J connectivity index is 1.66. The molecule has 2 aliphatic rings. The molecule has 5 rings (SSSR count). The highest BCUT2D eigenvalue weighted by Crippen LogP contribution is 2.49. The number of ether oxygens (including phenoxy) is 4. The maximum atomic E-state index is 14.6. The minimum Gasteiger partial charge on any atom is -0.496 e. The first-order valence-electron chi connectivity index (χ1n) is 14.4. The van der Waals surface area contributed by atoms with Crippen LogP contribution in [0.4, 0.5) is 0 Å². The Hall–Kier alpha value is -4.85. The Bertz CT molecular complexity index is 1590. The molecule has 0 unspecified atom stereocenters. The molecule has 3 aromatic carbocycles. The first-order chi connectivity index (χ1) is 20.9. The average molecular weight is 582 g/mol. The van der Waals surface area contributed by atoms with Crippen LogP contribution in [0.25, 0.3) is 0 Å². The van der Waals surface area contributed by atoms with Crippen molar-refractivity contribution >= 4 is 17.7 Å². The highest BCUT2D eigenvalue weighted by Gasteiger charge is 2.49. The number of esters is 2. The number of rotatable bonds is 9. The quantitative estimate of drug-likeness (QED) is 0.236. The van der Waals surface area contributed by atoms with Gasteiger partial charge in [-0.1, -0.05) is 48.5 Å². The molecule has 43 heavy (non-hydrogen) atoms. The molecule has 1 heterocycles. The zero-order valence-corrected chi connectivity index (χ0v) is 24.7. The van der Waals surface area contributed by atoms with Crippen LogP contribution in [0.1, 0.15) is 50.2 Å². The molecule has 0 radical (unpaired) electrons. The standard InChI is InChI=1S/C35H35NO7/c1-5-41-34(38)29-21(3)36-27-20-26(25-17-10-11-18-28(25)40-4)31(35(39)42-6-2)33(37)32(27)30(29)22-13-12-16-24(19-22)43-23-14-8-7-9-15-23/h7-19,26,30-31,36H,5-6,20H2,1-4H3/t26-,30+,31-/m1/s1. The number of carbonyl (C=O) groups excluding carboxylic acids is 3. The number of methoxy groups -OCH3 is 1. The van der Waals surface area contributed by atoms with Crippen molar-refractivity contribution in [2.75, 3.05) is 20.3 Å². The van der Waals surface area contributed by atoms with Gasteiger partial charge < -0.3 is 24.3 Å². The van der Waals surface area contributed by atoms with Crippen LogP contribution in [-0.4, -0.2) is 38.0 Å². The van der Waals surface area contributed by atoms with E-state index in [0.29, 0.717) is 51.8 Å². The average Bonchev–Trinajstić information content (AvgIpc) is 3.01. The molecule has 1 aliphatic heterocycles. The summed E-state index contributed by atoms with van der Waals surface area (Å²) in [6.45, 7) is 5.54. The lowest BCUT2D eigenvalue weighted by molar-refractivity contribution is -0.152. The molecule has 8 nitrogen and oxygen atoms in total. The van der Waals surface area contributed by atoms with Crippen LogP contribution in [0.15, 0.2) is 101 Å². The third-order valence-electron chi connectivity index (χ3n) is 7.76. The topological polar surface area (TPSA) is 100 Å². The summed E-state index contributed by atoms with van der Waals surface area (Å²) in [6, 6.07) is 24.0. The van der Waals surface area contributed by atoms with Gasteiger partial charge in [0.05, 0.1) is 25.9 Å². The number of hydrogen-bond acceptors (Lipinski definition) is 8. The molecule has 1 N–H and O–H groups in total. The minimum atomic E-state index is -1.13. The molecule has 1 aliphatic carbocycles. The van der Waals surface area contributed by atoms with Gasteiger partial charge in [-0.2, -0.15) is 0 Å². The Kier molecular flexibility index (Phi) is 8.95. The molecule has 222 valence electrons. The van der Waals surface area contributed by atoms with Gasteiger partial charge in [-0.05, 0) is 68.7 Å². The van der Waals surface area contributed by atoms with Crippen LogP contribution in [0, 0.1) is 5.92 Å². The van der Waals surface area contributed by atoms with Crippen molar-refractivity contribution in [3.63, 3.8) is 0 Å². The summed E-state index contributed by atoms with van der Waals surface area (Å²) in [5.41, 5.74) is 3.27. The number of benzene rings is 3. The van der Waals surface area contributed by atoms with Crippen LogP contribution in [0.3, 0.4) is 0 Å². The van der Waals surface area contributed by atoms with Crippen molar-refractivity contribution in [1.29, 1.82) is 0 Å². The van der Waals surface area contributed by atoms with E-state index >= 15 is 0 Å². The second-order valence-electron chi connectivity index (χ2n) is 10.3. The fourth-order valence-corrected chi connectivity index (χ4v) is 6.00. The van der Waals surface area contributed by atoms with Gasteiger partial charge in [0.2, 0.25) is 0 Å². The molecule has 3 aromatic rings. The molecular formula is C35H35NO7. The Labute approximate surface area is 251 Å². The largest absolute Gasteiger partial charge is 0.496 e. The summed E-state index contributed by atoms with van der Waals surface area (Å²) >= 11 is 0. The van der Waals surface area contributed by atoms with Crippen molar-refractivity contribution in [2.24, 2.45) is 5.92 Å². The normalized spacial score (nSPS) is 19.7. The Morgan fingerprint density at radius 2 is 1.58 bits per heavy atom. The Morgan fingerprint density at radius 1 is 0.884 bits per heavy atom. The lowest BCUT2D eigenvalue weighted by Gasteiger charge is -2.39. The smallest absolute Gasteiger partial charge is 0.336 e. The summed E-state index contributed by atoms with van der Waals surface area (Å²) in [6.07, 6.45) is 0.328. The number of carbonyl (C=O) groups is 3. The number of nitrogens with one attached hydrogen (secondary N) is 1. The highest BCUT2D eigenvalue weighted by atomic mass is 16.5. The number of allylic oxidation sites excluding steroid dienone is 3. The van der Waals surface area contributed by atoms with E-state index in [0.717, 1.165) is 5.56 Å². The van der Waals surface area contributed by atoms with E-state index in [4.69, 9.17) is 18.9 Å². The molecule has 0 aromatic heterocycles. The Morgan fingerprint density at radius 3 is 2.30 bits per heavy atom. The molecule has 3 atom stereocenters. The van der Waals surface area contributed by atoms with Crippen molar-refractivity contribution in [3.8, 4) is 17.2 Å². The van der Waals surface area contributed by atoms with Gasteiger partial charge in [0.15, 0.2) is 5.78 Å². The summed E-state index contributed by atoms with van der Waals surface area (Å²) in [4.78, 5) is 41.5. The van der Waals surface area contributed by atoms with Gasteiger partial charge in [-0.3, -0.25) is 9.59 Å². The lowest BCUT2D eigenvalue weighted by Crippen LogP contribution is -2.43. The number of para-hydroxylation sites is 2. The predicted molar refractivity (Wildman–Crippen MR) is 161 cm³/mol. The maximum Gasteiger partial charge on any atom is 0.336 e. The molecule has 0 amide bonds. The third-order valence-corrected chi connectivity index (χ3v) is 7.76. The molecule has 0 saturated heterocycles. The molecule has 0 spiro atoms. The first kappa shape index (κ1) is 29.6. The maximum absolute atomic E-state index is 14.6. The number of hydrogen-bond donors (Lipinski definition) is 1. The monoisotopic (exact) mass is 581 g/mol. The van der Waals surface area contributed by atoms with E-state index in [9.17, 15) is 14.4 Å². The van der Waals surface area contributed by atoms with Crippen LogP contribution in [-0.2, 0) is 23.9 Å².